The molecule has 146 valence electrons. The van der Waals surface area contributed by atoms with Crippen LogP contribution in [0.5, 0.6) is 0 Å². The Balaban J connectivity index is 0.000000855. The van der Waals surface area contributed by atoms with Crippen molar-refractivity contribution in [1.29, 1.82) is 0 Å². The molecule has 0 aliphatic carbocycles. The van der Waals surface area contributed by atoms with E-state index in [4.69, 9.17) is 4.74 Å². The second-order valence-corrected chi connectivity index (χ2v) is 5.35. The predicted molar refractivity (Wildman–Crippen MR) is 110 cm³/mol. The normalized spacial score (nSPS) is 14.3. The maximum atomic E-state index is 12.5. The summed E-state index contributed by atoms with van der Waals surface area (Å²) >= 11 is 0. The minimum atomic E-state index is -0.599. The fraction of sp³-hybridized carbons (Fsp3) is 0.364. The van der Waals surface area contributed by atoms with Crippen LogP contribution in [0.2, 0.25) is 0 Å². The van der Waals surface area contributed by atoms with Gasteiger partial charge in [-0.3, -0.25) is 9.59 Å². The van der Waals surface area contributed by atoms with Crippen molar-refractivity contribution in [3.63, 3.8) is 0 Å². The first kappa shape index (κ1) is 22.4. The summed E-state index contributed by atoms with van der Waals surface area (Å²) in [4.78, 5) is 24.0. The van der Waals surface area contributed by atoms with Gasteiger partial charge in [0.25, 0.3) is 11.8 Å². The minimum Gasteiger partial charge on any atom is -0.363 e. The molecule has 1 aliphatic rings. The van der Waals surface area contributed by atoms with E-state index in [-0.39, 0.29) is 11.8 Å². The third kappa shape index (κ3) is 5.93. The summed E-state index contributed by atoms with van der Waals surface area (Å²) in [5.41, 5.74) is 3.24. The Hall–Kier alpha value is -2.66. The van der Waals surface area contributed by atoms with Crippen molar-refractivity contribution in [2.24, 2.45) is 0 Å². The molecule has 2 aromatic rings. The predicted octanol–water partition coefficient (Wildman–Crippen LogP) is 4.35. The third-order valence-corrected chi connectivity index (χ3v) is 3.87. The van der Waals surface area contributed by atoms with Crippen LogP contribution in [0, 0.1) is 0 Å². The largest absolute Gasteiger partial charge is 0.363 e. The fourth-order valence-electron chi connectivity index (χ4n) is 2.67. The van der Waals surface area contributed by atoms with Crippen LogP contribution in [-0.4, -0.2) is 25.5 Å². The number of hydrogen-bond acceptors (Lipinski definition) is 3. The van der Waals surface area contributed by atoms with Crippen molar-refractivity contribution < 1.29 is 14.3 Å². The monoisotopic (exact) mass is 370 g/mol. The average molecular weight is 370 g/mol. The topological polar surface area (TPSA) is 67.4 Å². The Morgan fingerprint density at radius 1 is 0.963 bits per heavy atom. The van der Waals surface area contributed by atoms with Crippen LogP contribution in [0.25, 0.3) is 0 Å². The van der Waals surface area contributed by atoms with Gasteiger partial charge in [0.2, 0.25) is 0 Å². The summed E-state index contributed by atoms with van der Waals surface area (Å²) in [6.07, 6.45) is 0.222. The molecule has 1 aliphatic heterocycles. The second-order valence-electron chi connectivity index (χ2n) is 5.35. The van der Waals surface area contributed by atoms with Crippen molar-refractivity contribution in [3.05, 3.63) is 65.2 Å². The van der Waals surface area contributed by atoms with Crippen LogP contribution < -0.4 is 10.6 Å². The number of anilines is 1. The Labute approximate surface area is 162 Å². The molecule has 5 heteroatoms. The number of rotatable bonds is 3. The van der Waals surface area contributed by atoms with Crippen molar-refractivity contribution in [2.75, 3.05) is 19.0 Å². The van der Waals surface area contributed by atoms with E-state index in [1.165, 1.54) is 0 Å². The van der Waals surface area contributed by atoms with E-state index in [1.54, 1.807) is 31.3 Å². The Bertz CT molecular complexity index is 727. The first-order valence-electron chi connectivity index (χ1n) is 9.51. The first-order valence-corrected chi connectivity index (χ1v) is 9.51. The van der Waals surface area contributed by atoms with Crippen LogP contribution >= 0.6 is 0 Å². The highest BCUT2D eigenvalue weighted by atomic mass is 16.5. The lowest BCUT2D eigenvalue weighted by atomic mass is 9.97. The molecule has 3 rings (SSSR count). The van der Waals surface area contributed by atoms with Gasteiger partial charge < -0.3 is 15.4 Å². The van der Waals surface area contributed by atoms with Gasteiger partial charge in [0.15, 0.2) is 6.10 Å². The number of fused-ring (bicyclic) bond motifs is 1. The first-order chi connectivity index (χ1) is 13.2. The van der Waals surface area contributed by atoms with Crippen LogP contribution in [0.3, 0.4) is 0 Å². The SMILES string of the molecule is CC.CC.CNC(=O)c1ccc(NC(=O)C2OCCc3ccccc32)cc1. The molecule has 27 heavy (non-hydrogen) atoms. The van der Waals surface area contributed by atoms with E-state index in [1.807, 2.05) is 52.0 Å². The number of carbonyl (C=O) groups is 2. The van der Waals surface area contributed by atoms with Gasteiger partial charge in [-0.05, 0) is 41.8 Å². The Morgan fingerprint density at radius 2 is 1.59 bits per heavy atom. The molecule has 2 aromatic carbocycles. The molecule has 0 fully saturated rings. The lowest BCUT2D eigenvalue weighted by molar-refractivity contribution is -0.128. The van der Waals surface area contributed by atoms with Gasteiger partial charge in [-0.25, -0.2) is 0 Å². The van der Waals surface area contributed by atoms with E-state index < -0.39 is 6.10 Å². The smallest absolute Gasteiger partial charge is 0.258 e. The standard InChI is InChI=1S/C18H18N2O3.2C2H6/c1-19-17(21)13-6-8-14(9-7-13)20-18(22)16-15-5-3-2-4-12(15)10-11-23-16;2*1-2/h2-9,16H,10-11H2,1H3,(H,19,21)(H,20,22);2*1-2H3. The molecule has 0 saturated carbocycles. The van der Waals surface area contributed by atoms with Gasteiger partial charge >= 0.3 is 0 Å². The zero-order valence-electron chi connectivity index (χ0n) is 16.8. The van der Waals surface area contributed by atoms with Crippen molar-refractivity contribution in [2.45, 2.75) is 40.2 Å². The number of benzene rings is 2. The summed E-state index contributed by atoms with van der Waals surface area (Å²) < 4.78 is 5.64. The zero-order valence-corrected chi connectivity index (χ0v) is 16.8. The molecular formula is C22H30N2O3. The van der Waals surface area contributed by atoms with Crippen molar-refractivity contribution >= 4 is 17.5 Å². The highest BCUT2D eigenvalue weighted by Gasteiger charge is 2.27. The molecule has 0 bridgehead atoms. The number of ether oxygens (including phenoxy) is 1. The molecule has 1 atom stereocenters. The van der Waals surface area contributed by atoms with Crippen LogP contribution in [-0.2, 0) is 16.0 Å². The van der Waals surface area contributed by atoms with Gasteiger partial charge in [0.1, 0.15) is 0 Å². The molecular weight excluding hydrogens is 340 g/mol. The number of hydrogen-bond donors (Lipinski definition) is 2. The van der Waals surface area contributed by atoms with E-state index in [9.17, 15) is 9.59 Å². The summed E-state index contributed by atoms with van der Waals surface area (Å²) in [5, 5.41) is 5.40. The molecule has 5 nitrogen and oxygen atoms in total. The van der Waals surface area contributed by atoms with E-state index in [0.717, 1.165) is 17.5 Å². The zero-order chi connectivity index (χ0) is 20.2. The number of nitrogens with one attached hydrogen (secondary N) is 2. The van der Waals surface area contributed by atoms with Crippen LogP contribution in [0.15, 0.2) is 48.5 Å². The maximum absolute atomic E-state index is 12.5. The number of amides is 2. The van der Waals surface area contributed by atoms with Gasteiger partial charge in [0, 0.05) is 18.3 Å². The lowest BCUT2D eigenvalue weighted by Crippen LogP contribution is -2.28. The molecule has 1 heterocycles. The summed E-state index contributed by atoms with van der Waals surface area (Å²) in [6, 6.07) is 14.6. The molecule has 0 radical (unpaired) electrons. The number of carbonyl (C=O) groups excluding carboxylic acids is 2. The summed E-state index contributed by atoms with van der Waals surface area (Å²) in [7, 11) is 1.58. The molecule has 2 amide bonds. The van der Waals surface area contributed by atoms with Gasteiger partial charge in [0.05, 0.1) is 6.61 Å². The van der Waals surface area contributed by atoms with Crippen molar-refractivity contribution in [1.82, 2.24) is 5.32 Å². The molecule has 0 saturated heterocycles. The van der Waals surface area contributed by atoms with E-state index >= 15 is 0 Å². The highest BCUT2D eigenvalue weighted by Crippen LogP contribution is 2.28. The average Bonchev–Trinajstić information content (AvgIpc) is 2.76. The Morgan fingerprint density at radius 3 is 2.22 bits per heavy atom. The molecule has 0 aromatic heterocycles. The molecule has 1 unspecified atom stereocenters. The fourth-order valence-corrected chi connectivity index (χ4v) is 2.67. The molecule has 0 spiro atoms. The Kier molecular flexibility index (Phi) is 9.83. The quantitative estimate of drug-likeness (QED) is 0.844. The van der Waals surface area contributed by atoms with Gasteiger partial charge in [-0.15, -0.1) is 0 Å². The van der Waals surface area contributed by atoms with Crippen molar-refractivity contribution in [3.8, 4) is 0 Å². The van der Waals surface area contributed by atoms with Crippen LogP contribution in [0.1, 0.15) is 55.3 Å². The van der Waals surface area contributed by atoms with E-state index in [2.05, 4.69) is 10.6 Å². The summed E-state index contributed by atoms with van der Waals surface area (Å²) in [6.45, 7) is 8.53. The van der Waals surface area contributed by atoms with Gasteiger partial charge in [-0.1, -0.05) is 52.0 Å². The lowest BCUT2D eigenvalue weighted by Gasteiger charge is -2.25. The maximum Gasteiger partial charge on any atom is 0.258 e. The summed E-state index contributed by atoms with van der Waals surface area (Å²) in [5.74, 6) is -0.364. The van der Waals surface area contributed by atoms with Gasteiger partial charge in [-0.2, -0.15) is 0 Å². The third-order valence-electron chi connectivity index (χ3n) is 3.87. The highest BCUT2D eigenvalue weighted by molar-refractivity contribution is 5.97. The van der Waals surface area contributed by atoms with Crippen LogP contribution in [0.4, 0.5) is 5.69 Å². The second kappa shape index (κ2) is 11.9. The van der Waals surface area contributed by atoms with E-state index in [0.29, 0.717) is 17.9 Å². The molecule has 2 N–H and O–H groups in total. The minimum absolute atomic E-state index is 0.160.